The summed E-state index contributed by atoms with van der Waals surface area (Å²) in [6, 6.07) is 7.44. The Morgan fingerprint density at radius 2 is 1.88 bits per heavy atom. The molecule has 6 rings (SSSR count). The molecule has 0 bridgehead atoms. The number of hydrogen-bond acceptors (Lipinski definition) is 9. The lowest BCUT2D eigenvalue weighted by Crippen LogP contribution is -2.52. The Bertz CT molecular complexity index is 1770. The molecule has 2 fully saturated rings. The first-order valence-corrected chi connectivity index (χ1v) is 15.2. The number of hydrogen-bond donors (Lipinski definition) is 2. The quantitative estimate of drug-likeness (QED) is 0.283. The van der Waals surface area contributed by atoms with Gasteiger partial charge in [0.1, 0.15) is 28.5 Å². The van der Waals surface area contributed by atoms with Crippen molar-refractivity contribution in [2.24, 2.45) is 11.8 Å². The van der Waals surface area contributed by atoms with Crippen molar-refractivity contribution in [3.05, 3.63) is 68.7 Å². The first kappa shape index (κ1) is 29.3. The van der Waals surface area contributed by atoms with Crippen LogP contribution in [0.2, 0.25) is 0 Å². The number of ether oxygens (including phenoxy) is 2. The van der Waals surface area contributed by atoms with Crippen LogP contribution in [0, 0.1) is 18.8 Å². The van der Waals surface area contributed by atoms with Gasteiger partial charge in [-0.05, 0) is 69.9 Å². The van der Waals surface area contributed by atoms with Gasteiger partial charge >= 0.3 is 11.7 Å². The maximum atomic E-state index is 14.2. The topological polar surface area (TPSA) is 146 Å². The number of rotatable bonds is 9. The highest BCUT2D eigenvalue weighted by Crippen LogP contribution is 2.47. The number of aliphatic hydroxyl groups excluding tert-OH is 1. The van der Waals surface area contributed by atoms with E-state index in [4.69, 9.17) is 13.9 Å². The minimum absolute atomic E-state index is 0.00508. The van der Waals surface area contributed by atoms with Crippen molar-refractivity contribution in [2.75, 3.05) is 7.11 Å². The number of oxazole rings is 1. The second-order valence-electron chi connectivity index (χ2n) is 12.1. The minimum atomic E-state index is -1.83. The summed E-state index contributed by atoms with van der Waals surface area (Å²) < 4.78 is 20.3. The van der Waals surface area contributed by atoms with Gasteiger partial charge in [0, 0.05) is 5.56 Å². The number of methoxy groups -OCH3 is 1. The van der Waals surface area contributed by atoms with Gasteiger partial charge in [-0.1, -0.05) is 18.2 Å². The third-order valence-electron chi connectivity index (χ3n) is 9.06. The van der Waals surface area contributed by atoms with Gasteiger partial charge in [0.25, 0.3) is 5.56 Å². The summed E-state index contributed by atoms with van der Waals surface area (Å²) in [5.41, 5.74) is -1.98. The molecule has 3 unspecified atom stereocenters. The summed E-state index contributed by atoms with van der Waals surface area (Å²) in [5.74, 6) is 0.352. The Labute approximate surface area is 251 Å². The van der Waals surface area contributed by atoms with Crippen LogP contribution in [0.5, 0.6) is 5.75 Å². The van der Waals surface area contributed by atoms with Crippen LogP contribution in [-0.4, -0.2) is 49.6 Å². The van der Waals surface area contributed by atoms with Crippen LogP contribution in [-0.2, 0) is 21.6 Å². The number of para-hydroxylation sites is 1. The zero-order valence-electron chi connectivity index (χ0n) is 24.5. The highest BCUT2D eigenvalue weighted by atomic mass is 32.1. The van der Waals surface area contributed by atoms with E-state index in [0.717, 1.165) is 35.8 Å². The molecule has 3 heterocycles. The Hall–Kier alpha value is -3.74. The van der Waals surface area contributed by atoms with Crippen LogP contribution >= 0.6 is 11.3 Å². The lowest BCUT2D eigenvalue weighted by Gasteiger charge is -2.27. The second kappa shape index (κ2) is 11.1. The maximum absolute atomic E-state index is 14.2. The van der Waals surface area contributed by atoms with Crippen molar-refractivity contribution in [2.45, 2.75) is 76.9 Å². The molecule has 4 aromatic rings. The van der Waals surface area contributed by atoms with Crippen molar-refractivity contribution in [3.8, 4) is 16.5 Å². The Morgan fingerprint density at radius 3 is 2.51 bits per heavy atom. The molecule has 2 saturated carbocycles. The number of fused-ring (bicyclic) bond motifs is 2. The van der Waals surface area contributed by atoms with E-state index in [1.807, 2.05) is 24.3 Å². The molecule has 0 spiro atoms. The van der Waals surface area contributed by atoms with Crippen LogP contribution in [0.3, 0.4) is 0 Å². The molecule has 11 nitrogen and oxygen atoms in total. The van der Waals surface area contributed by atoms with Gasteiger partial charge in [-0.3, -0.25) is 9.36 Å². The fraction of sp³-hybridized carbons (Fsp3) is 0.484. The molecule has 0 radical (unpaired) electrons. The van der Waals surface area contributed by atoms with Crippen molar-refractivity contribution in [1.82, 2.24) is 14.1 Å². The zero-order chi connectivity index (χ0) is 30.6. The first-order chi connectivity index (χ1) is 20.5. The fourth-order valence-corrected chi connectivity index (χ4v) is 8.06. The van der Waals surface area contributed by atoms with Gasteiger partial charge in [-0.15, -0.1) is 11.3 Å². The Kier molecular flexibility index (Phi) is 7.55. The molecule has 228 valence electrons. The molecule has 3 atom stereocenters. The van der Waals surface area contributed by atoms with Crippen LogP contribution in [0.4, 0.5) is 0 Å². The number of aliphatic carboxylic acids is 1. The van der Waals surface area contributed by atoms with E-state index < -0.39 is 28.9 Å². The molecule has 43 heavy (non-hydrogen) atoms. The monoisotopic (exact) mass is 609 g/mol. The molecule has 3 aromatic heterocycles. The second-order valence-corrected chi connectivity index (χ2v) is 13.1. The largest absolute Gasteiger partial charge is 0.496 e. The summed E-state index contributed by atoms with van der Waals surface area (Å²) in [6.45, 7) is 4.42. The van der Waals surface area contributed by atoms with Crippen molar-refractivity contribution < 1.29 is 28.9 Å². The SMILES string of the molecule is COc1ccccc1C(Cn1c(=O)n(C(C)(C)C(=O)O)c(=O)c2c(C)c(-c3ncco3)sc21)OC1CC2CC(O)CC2C1. The van der Waals surface area contributed by atoms with E-state index in [1.54, 1.807) is 14.0 Å². The lowest BCUT2D eigenvalue weighted by atomic mass is 10.0. The number of nitrogens with zero attached hydrogens (tertiary/aromatic N) is 3. The van der Waals surface area contributed by atoms with Crippen LogP contribution in [0.25, 0.3) is 21.0 Å². The number of aromatic nitrogens is 3. The number of thiophene rings is 1. The average molecular weight is 610 g/mol. The van der Waals surface area contributed by atoms with Crippen LogP contribution in [0.1, 0.15) is 56.8 Å². The molecule has 2 aliphatic rings. The number of benzene rings is 1. The standard InChI is InChI=1S/C31H35N3O8S/c1-16-24-27(36)34(31(2,3)29(37)38)30(39)33(28(24)43-25(16)26-32-9-10-41-26)15-23(21-7-5-6-8-22(21)40-4)42-20-13-17-11-19(35)12-18(17)14-20/h5-10,17-20,23,35H,11-15H2,1-4H3,(H,37,38). The summed E-state index contributed by atoms with van der Waals surface area (Å²) in [4.78, 5) is 45.7. The Balaban J connectivity index is 1.52. The molecule has 12 heteroatoms. The summed E-state index contributed by atoms with van der Waals surface area (Å²) >= 11 is 1.20. The molecule has 0 saturated heterocycles. The van der Waals surface area contributed by atoms with E-state index in [2.05, 4.69) is 4.98 Å². The van der Waals surface area contributed by atoms with Gasteiger partial charge in [0.05, 0.1) is 42.3 Å². The summed E-state index contributed by atoms with van der Waals surface area (Å²) in [7, 11) is 1.57. The van der Waals surface area contributed by atoms with Crippen molar-refractivity contribution in [1.29, 1.82) is 0 Å². The third-order valence-corrected chi connectivity index (χ3v) is 10.4. The highest BCUT2D eigenvalue weighted by molar-refractivity contribution is 7.22. The molecule has 2 aliphatic carbocycles. The van der Waals surface area contributed by atoms with Crippen molar-refractivity contribution in [3.63, 3.8) is 0 Å². The number of aryl methyl sites for hydroxylation is 1. The van der Waals surface area contributed by atoms with E-state index in [9.17, 15) is 24.6 Å². The van der Waals surface area contributed by atoms with Crippen molar-refractivity contribution >= 4 is 27.5 Å². The highest BCUT2D eigenvalue weighted by Gasteiger charge is 2.43. The number of aliphatic hydroxyl groups is 1. The van der Waals surface area contributed by atoms with E-state index in [-0.39, 0.29) is 24.1 Å². The van der Waals surface area contributed by atoms with Crippen LogP contribution < -0.4 is 16.0 Å². The molecular formula is C31H35N3O8S. The molecule has 0 amide bonds. The number of carboxylic acids is 1. The lowest BCUT2D eigenvalue weighted by molar-refractivity contribution is -0.146. The Morgan fingerprint density at radius 1 is 1.19 bits per heavy atom. The first-order valence-electron chi connectivity index (χ1n) is 14.4. The van der Waals surface area contributed by atoms with E-state index >= 15 is 0 Å². The maximum Gasteiger partial charge on any atom is 0.333 e. The number of carbonyl (C=O) groups is 1. The van der Waals surface area contributed by atoms with Gasteiger partial charge < -0.3 is 24.1 Å². The molecule has 1 aromatic carbocycles. The molecular weight excluding hydrogens is 574 g/mol. The predicted molar refractivity (Wildman–Crippen MR) is 160 cm³/mol. The zero-order valence-corrected chi connectivity index (χ0v) is 25.3. The summed E-state index contributed by atoms with van der Waals surface area (Å²) in [6.07, 6.45) is 5.03. The summed E-state index contributed by atoms with van der Waals surface area (Å²) in [5, 5.41) is 20.4. The van der Waals surface area contributed by atoms with E-state index in [0.29, 0.717) is 38.7 Å². The smallest absolute Gasteiger partial charge is 0.333 e. The van der Waals surface area contributed by atoms with Gasteiger partial charge in [-0.25, -0.2) is 19.1 Å². The fourth-order valence-electron chi connectivity index (χ4n) is 6.82. The molecule has 0 aliphatic heterocycles. The van der Waals surface area contributed by atoms with Crippen LogP contribution in [0.15, 0.2) is 50.7 Å². The third kappa shape index (κ3) is 5.00. The van der Waals surface area contributed by atoms with Gasteiger partial charge in [-0.2, -0.15) is 0 Å². The van der Waals surface area contributed by atoms with Gasteiger partial charge in [0.2, 0.25) is 5.89 Å². The number of carboxylic acid groups (broad SMARTS) is 1. The minimum Gasteiger partial charge on any atom is -0.496 e. The molecule has 2 N–H and O–H groups in total. The predicted octanol–water partition coefficient (Wildman–Crippen LogP) is 4.32. The van der Waals surface area contributed by atoms with E-state index in [1.165, 1.54) is 42.2 Å². The average Bonchev–Trinajstić information content (AvgIpc) is 3.74. The normalized spacial score (nSPS) is 22.6. The van der Waals surface area contributed by atoms with Gasteiger partial charge in [0.15, 0.2) is 0 Å².